The lowest BCUT2D eigenvalue weighted by Crippen LogP contribution is -2.42. The normalized spacial score (nSPS) is 18.1. The largest absolute Gasteiger partial charge is 0.401 e. The Kier molecular flexibility index (Phi) is 8.73. The van der Waals surface area contributed by atoms with Crippen molar-refractivity contribution in [3.63, 3.8) is 0 Å². The molecule has 1 saturated heterocycles. The maximum atomic E-state index is 12.7. The Balaban J connectivity index is 1.99. The van der Waals surface area contributed by atoms with E-state index in [2.05, 4.69) is 27.3 Å². The summed E-state index contributed by atoms with van der Waals surface area (Å²) >= 11 is 0. The molecule has 1 aliphatic rings. The van der Waals surface area contributed by atoms with Crippen molar-refractivity contribution in [3.8, 4) is 0 Å². The monoisotopic (exact) mass is 417 g/mol. The number of guanidine groups is 1. The summed E-state index contributed by atoms with van der Waals surface area (Å²) in [5.41, 5.74) is 0. The number of likely N-dealkylation sites (tertiary alicyclic amines) is 1. The molecule has 0 radical (unpaired) electrons. The summed E-state index contributed by atoms with van der Waals surface area (Å²) in [6, 6.07) is 0. The molecule has 0 amide bonds. The molecular formula is C19H34F3N7. The van der Waals surface area contributed by atoms with Crippen LogP contribution in [0.25, 0.3) is 0 Å². The molecule has 29 heavy (non-hydrogen) atoms. The number of unbranched alkanes of at least 4 members (excludes halogenated alkanes) is 1. The lowest BCUT2D eigenvalue weighted by Gasteiger charge is -2.26. The molecule has 0 saturated carbocycles. The maximum absolute atomic E-state index is 12.7. The second-order valence-corrected chi connectivity index (χ2v) is 7.69. The first-order valence-corrected chi connectivity index (χ1v) is 10.4. The molecule has 0 bridgehead atoms. The van der Waals surface area contributed by atoms with E-state index in [1.807, 2.05) is 18.5 Å². The molecule has 166 valence electrons. The van der Waals surface area contributed by atoms with Crippen LogP contribution in [0.2, 0.25) is 0 Å². The molecule has 1 aliphatic heterocycles. The van der Waals surface area contributed by atoms with Crippen LogP contribution in [-0.2, 0) is 13.6 Å². The predicted octanol–water partition coefficient (Wildman–Crippen LogP) is 2.58. The highest BCUT2D eigenvalue weighted by molar-refractivity contribution is 5.80. The average molecular weight is 418 g/mol. The van der Waals surface area contributed by atoms with Crippen molar-refractivity contribution in [2.45, 2.75) is 52.8 Å². The van der Waals surface area contributed by atoms with Gasteiger partial charge in [-0.3, -0.25) is 4.90 Å². The molecular weight excluding hydrogens is 383 g/mol. The fourth-order valence-electron chi connectivity index (χ4n) is 3.48. The first-order chi connectivity index (χ1) is 13.7. The summed E-state index contributed by atoms with van der Waals surface area (Å²) < 4.78 is 40.2. The van der Waals surface area contributed by atoms with Crippen LogP contribution >= 0.6 is 0 Å². The second-order valence-electron chi connectivity index (χ2n) is 7.69. The highest BCUT2D eigenvalue weighted by atomic mass is 19.4. The topological polar surface area (TPSA) is 61.6 Å². The number of hydrogen-bond acceptors (Lipinski definition) is 4. The summed E-state index contributed by atoms with van der Waals surface area (Å²) in [5.74, 6) is 2.63. The van der Waals surface area contributed by atoms with Gasteiger partial charge < -0.3 is 14.8 Å². The van der Waals surface area contributed by atoms with Crippen LogP contribution in [0.1, 0.15) is 44.8 Å². The van der Waals surface area contributed by atoms with Crippen LogP contribution in [-0.4, -0.2) is 76.0 Å². The highest BCUT2D eigenvalue weighted by Gasteiger charge is 2.33. The zero-order valence-corrected chi connectivity index (χ0v) is 18.0. The number of aryl methyl sites for hydroxylation is 1. The Hall–Kier alpha value is -1.84. The zero-order chi connectivity index (χ0) is 21.4. The number of nitrogens with zero attached hydrogens (tertiary/aromatic N) is 6. The van der Waals surface area contributed by atoms with Crippen molar-refractivity contribution in [1.82, 2.24) is 29.9 Å². The van der Waals surface area contributed by atoms with Gasteiger partial charge in [-0.1, -0.05) is 20.3 Å². The van der Waals surface area contributed by atoms with Crippen molar-refractivity contribution in [3.05, 3.63) is 11.6 Å². The molecule has 1 N–H and O–H groups in total. The van der Waals surface area contributed by atoms with E-state index in [0.717, 1.165) is 50.0 Å². The second kappa shape index (κ2) is 10.8. The zero-order valence-electron chi connectivity index (χ0n) is 18.0. The van der Waals surface area contributed by atoms with Crippen molar-refractivity contribution >= 4 is 5.96 Å². The van der Waals surface area contributed by atoms with Crippen LogP contribution in [0.3, 0.4) is 0 Å². The average Bonchev–Trinajstić information content (AvgIpc) is 3.24. The molecule has 10 heteroatoms. The molecule has 1 atom stereocenters. The number of hydrogen-bond donors (Lipinski definition) is 1. The van der Waals surface area contributed by atoms with E-state index in [1.165, 1.54) is 4.90 Å². The molecule has 7 nitrogen and oxygen atoms in total. The Morgan fingerprint density at radius 3 is 2.66 bits per heavy atom. The van der Waals surface area contributed by atoms with Gasteiger partial charge in [-0.25, -0.2) is 4.99 Å². The van der Waals surface area contributed by atoms with Gasteiger partial charge in [0.05, 0.1) is 6.54 Å². The van der Waals surface area contributed by atoms with Crippen molar-refractivity contribution in [2.75, 3.05) is 39.3 Å². The Labute approximate surface area is 171 Å². The van der Waals surface area contributed by atoms with E-state index in [4.69, 9.17) is 4.99 Å². The lowest BCUT2D eigenvalue weighted by atomic mass is 10.1. The highest BCUT2D eigenvalue weighted by Crippen LogP contribution is 2.21. The fraction of sp³-hybridized carbons (Fsp3) is 0.842. The van der Waals surface area contributed by atoms with Gasteiger partial charge in [-0.15, -0.1) is 10.2 Å². The van der Waals surface area contributed by atoms with Crippen LogP contribution in [0, 0.1) is 12.8 Å². The summed E-state index contributed by atoms with van der Waals surface area (Å²) in [6.07, 6.45) is -1.17. The SMILES string of the molecule is CCCCNC(=NCc1nnc(C)n1C)N1CCC(CN(CC)CC(F)(F)F)C1. The Morgan fingerprint density at radius 2 is 2.07 bits per heavy atom. The quantitative estimate of drug-likeness (QED) is 0.380. The number of alkyl halides is 3. The van der Waals surface area contributed by atoms with E-state index in [9.17, 15) is 13.2 Å². The minimum absolute atomic E-state index is 0.201. The number of halogens is 3. The molecule has 1 aromatic heterocycles. The van der Waals surface area contributed by atoms with Crippen LogP contribution in [0.5, 0.6) is 0 Å². The van der Waals surface area contributed by atoms with Gasteiger partial charge in [-0.05, 0) is 32.2 Å². The lowest BCUT2D eigenvalue weighted by molar-refractivity contribution is -0.146. The summed E-state index contributed by atoms with van der Waals surface area (Å²) in [6.45, 7) is 8.56. The maximum Gasteiger partial charge on any atom is 0.401 e. The van der Waals surface area contributed by atoms with Crippen LogP contribution in [0.4, 0.5) is 13.2 Å². The van der Waals surface area contributed by atoms with Crippen molar-refractivity contribution < 1.29 is 13.2 Å². The Morgan fingerprint density at radius 1 is 1.31 bits per heavy atom. The van der Waals surface area contributed by atoms with Gasteiger partial charge in [-0.2, -0.15) is 13.2 Å². The fourth-order valence-corrected chi connectivity index (χ4v) is 3.48. The smallest absolute Gasteiger partial charge is 0.356 e. The van der Waals surface area contributed by atoms with Crippen LogP contribution in [0.15, 0.2) is 4.99 Å². The minimum atomic E-state index is -4.16. The molecule has 1 aromatic rings. The van der Waals surface area contributed by atoms with Crippen LogP contribution < -0.4 is 5.32 Å². The van der Waals surface area contributed by atoms with E-state index in [-0.39, 0.29) is 5.92 Å². The van der Waals surface area contributed by atoms with E-state index in [1.54, 1.807) is 6.92 Å². The molecule has 0 spiro atoms. The minimum Gasteiger partial charge on any atom is -0.356 e. The summed E-state index contributed by atoms with van der Waals surface area (Å²) in [5, 5.41) is 11.6. The molecule has 0 aliphatic carbocycles. The van der Waals surface area contributed by atoms with E-state index in [0.29, 0.717) is 26.2 Å². The third kappa shape index (κ3) is 7.49. The van der Waals surface area contributed by atoms with E-state index >= 15 is 0 Å². The third-order valence-electron chi connectivity index (χ3n) is 5.32. The standard InChI is InChI=1S/C19H34F3N7/c1-5-7-9-23-18(24-11-17-26-25-15(3)27(17)4)29-10-8-16(13-29)12-28(6-2)14-19(20,21)22/h16H,5-14H2,1-4H3,(H,23,24). The van der Waals surface area contributed by atoms with E-state index < -0.39 is 12.7 Å². The van der Waals surface area contributed by atoms with Crippen molar-refractivity contribution in [1.29, 1.82) is 0 Å². The summed E-state index contributed by atoms with van der Waals surface area (Å²) in [7, 11) is 1.91. The molecule has 0 aromatic carbocycles. The first-order valence-electron chi connectivity index (χ1n) is 10.4. The van der Waals surface area contributed by atoms with Gasteiger partial charge in [0.15, 0.2) is 11.8 Å². The van der Waals surface area contributed by atoms with Gasteiger partial charge >= 0.3 is 6.18 Å². The third-order valence-corrected chi connectivity index (χ3v) is 5.32. The molecule has 1 fully saturated rings. The van der Waals surface area contributed by atoms with Gasteiger partial charge in [0.2, 0.25) is 0 Å². The number of aromatic nitrogens is 3. The van der Waals surface area contributed by atoms with Gasteiger partial charge in [0.1, 0.15) is 12.4 Å². The molecule has 2 rings (SSSR count). The molecule has 2 heterocycles. The number of rotatable bonds is 9. The van der Waals surface area contributed by atoms with Gasteiger partial charge in [0.25, 0.3) is 0 Å². The first kappa shape index (κ1) is 23.4. The van der Waals surface area contributed by atoms with Gasteiger partial charge in [0, 0.05) is 33.2 Å². The predicted molar refractivity (Wildman–Crippen MR) is 108 cm³/mol. The summed E-state index contributed by atoms with van der Waals surface area (Å²) in [4.78, 5) is 8.37. The Bertz CT molecular complexity index is 657. The van der Waals surface area contributed by atoms with Crippen molar-refractivity contribution in [2.24, 2.45) is 18.0 Å². The number of aliphatic imine (C=N–C) groups is 1. The number of nitrogens with one attached hydrogen (secondary N) is 1. The molecule has 1 unspecified atom stereocenters.